The van der Waals surface area contributed by atoms with Crippen molar-refractivity contribution in [2.45, 2.75) is 37.9 Å². The highest BCUT2D eigenvalue weighted by Crippen LogP contribution is 2.33. The summed E-state index contributed by atoms with van der Waals surface area (Å²) in [6.45, 7) is 2.80. The highest BCUT2D eigenvalue weighted by atomic mass is 16.5. The van der Waals surface area contributed by atoms with Gasteiger partial charge in [0.05, 0.1) is 7.11 Å². The number of likely N-dealkylation sites (N-methyl/N-ethyl adjacent to an activating group) is 1. The van der Waals surface area contributed by atoms with Gasteiger partial charge in [0.2, 0.25) is 0 Å². The van der Waals surface area contributed by atoms with Crippen LogP contribution in [-0.4, -0.2) is 44.2 Å². The van der Waals surface area contributed by atoms with Crippen LogP contribution in [0.15, 0.2) is 18.2 Å². The van der Waals surface area contributed by atoms with Crippen LogP contribution < -0.4 is 15.4 Å². The molecule has 2 bridgehead atoms. The molecule has 4 heteroatoms. The summed E-state index contributed by atoms with van der Waals surface area (Å²) in [4.78, 5) is 5.08. The Morgan fingerprint density at radius 2 is 2.05 bits per heavy atom. The number of benzene rings is 1. The van der Waals surface area contributed by atoms with Crippen molar-refractivity contribution in [3.63, 3.8) is 0 Å². The van der Waals surface area contributed by atoms with Gasteiger partial charge >= 0.3 is 0 Å². The first-order valence-corrected chi connectivity index (χ1v) is 7.56. The Morgan fingerprint density at radius 1 is 1.25 bits per heavy atom. The molecule has 0 aromatic heterocycles. The number of nitrogens with zero attached hydrogens (tertiary/aromatic N) is 2. The first kappa shape index (κ1) is 13.7. The summed E-state index contributed by atoms with van der Waals surface area (Å²) < 4.78 is 5.38. The molecule has 2 aliphatic heterocycles. The first-order chi connectivity index (χ1) is 9.72. The second kappa shape index (κ2) is 5.62. The Bertz CT molecular complexity index is 477. The SMILES string of the molecule is COc1ccc(CN)c(N2CCC3CCC(C2)N3C)c1. The molecule has 110 valence electrons. The Labute approximate surface area is 121 Å². The van der Waals surface area contributed by atoms with Gasteiger partial charge in [-0.1, -0.05) is 6.07 Å². The molecule has 0 aliphatic carbocycles. The highest BCUT2D eigenvalue weighted by molar-refractivity contribution is 5.57. The van der Waals surface area contributed by atoms with Crippen LogP contribution in [-0.2, 0) is 6.54 Å². The van der Waals surface area contributed by atoms with Crippen LogP contribution >= 0.6 is 0 Å². The van der Waals surface area contributed by atoms with Gasteiger partial charge in [-0.3, -0.25) is 4.90 Å². The zero-order valence-electron chi connectivity index (χ0n) is 12.5. The van der Waals surface area contributed by atoms with Crippen LogP contribution in [0.4, 0.5) is 5.69 Å². The van der Waals surface area contributed by atoms with Crippen LogP contribution in [0.25, 0.3) is 0 Å². The predicted octanol–water partition coefficient (Wildman–Crippen LogP) is 1.83. The van der Waals surface area contributed by atoms with Crippen LogP contribution in [0.3, 0.4) is 0 Å². The molecule has 2 unspecified atom stereocenters. The van der Waals surface area contributed by atoms with Crippen molar-refractivity contribution in [1.82, 2.24) is 4.90 Å². The third kappa shape index (κ3) is 2.38. The smallest absolute Gasteiger partial charge is 0.120 e. The fourth-order valence-corrected chi connectivity index (χ4v) is 3.67. The monoisotopic (exact) mass is 275 g/mol. The van der Waals surface area contributed by atoms with Crippen LogP contribution in [0.5, 0.6) is 5.75 Å². The van der Waals surface area contributed by atoms with E-state index in [1.807, 2.05) is 6.07 Å². The van der Waals surface area contributed by atoms with Crippen molar-refractivity contribution in [3.05, 3.63) is 23.8 Å². The van der Waals surface area contributed by atoms with Crippen molar-refractivity contribution in [2.24, 2.45) is 5.73 Å². The second-order valence-corrected chi connectivity index (χ2v) is 5.98. The summed E-state index contributed by atoms with van der Waals surface area (Å²) in [5.74, 6) is 0.917. The molecule has 0 radical (unpaired) electrons. The van der Waals surface area contributed by atoms with Crippen molar-refractivity contribution in [3.8, 4) is 5.75 Å². The summed E-state index contributed by atoms with van der Waals surface area (Å²) in [5, 5.41) is 0. The second-order valence-electron chi connectivity index (χ2n) is 5.98. The molecular weight excluding hydrogens is 250 g/mol. The third-order valence-corrected chi connectivity index (χ3v) is 5.00. The minimum Gasteiger partial charge on any atom is -0.497 e. The predicted molar refractivity (Wildman–Crippen MR) is 82.3 cm³/mol. The maximum atomic E-state index is 5.91. The third-order valence-electron chi connectivity index (χ3n) is 5.00. The van der Waals surface area contributed by atoms with E-state index in [0.717, 1.165) is 24.9 Å². The van der Waals surface area contributed by atoms with Gasteiger partial charge < -0.3 is 15.4 Å². The van der Waals surface area contributed by atoms with E-state index in [-0.39, 0.29) is 0 Å². The lowest BCUT2D eigenvalue weighted by atomic mass is 10.1. The quantitative estimate of drug-likeness (QED) is 0.914. The van der Waals surface area contributed by atoms with Crippen molar-refractivity contribution in [1.29, 1.82) is 0 Å². The van der Waals surface area contributed by atoms with E-state index < -0.39 is 0 Å². The number of fused-ring (bicyclic) bond motifs is 2. The number of ether oxygens (including phenoxy) is 1. The Balaban J connectivity index is 1.88. The molecule has 2 saturated heterocycles. The molecule has 20 heavy (non-hydrogen) atoms. The summed E-state index contributed by atoms with van der Waals surface area (Å²) in [7, 11) is 4.00. The van der Waals surface area contributed by atoms with Crippen LogP contribution in [0.2, 0.25) is 0 Å². The van der Waals surface area contributed by atoms with E-state index in [2.05, 4.69) is 29.0 Å². The standard InChI is InChI=1S/C16H25N3O/c1-18-13-4-5-14(18)11-19(8-7-13)16-9-15(20-2)6-3-12(16)10-17/h3,6,9,13-14H,4-5,7-8,10-11,17H2,1-2H3. The molecule has 4 nitrogen and oxygen atoms in total. The molecule has 0 saturated carbocycles. The average molecular weight is 275 g/mol. The minimum absolute atomic E-state index is 0.583. The molecule has 1 aromatic rings. The first-order valence-electron chi connectivity index (χ1n) is 7.56. The van der Waals surface area contributed by atoms with Crippen molar-refractivity contribution < 1.29 is 4.74 Å². The summed E-state index contributed by atoms with van der Waals surface area (Å²) in [5.41, 5.74) is 8.38. The average Bonchev–Trinajstić information content (AvgIpc) is 2.71. The molecule has 1 aromatic carbocycles. The number of hydrogen-bond acceptors (Lipinski definition) is 4. The van der Waals surface area contributed by atoms with E-state index in [1.165, 1.54) is 30.5 Å². The van der Waals surface area contributed by atoms with E-state index in [4.69, 9.17) is 10.5 Å². The van der Waals surface area contributed by atoms with Gasteiger partial charge in [0.1, 0.15) is 5.75 Å². The maximum Gasteiger partial charge on any atom is 0.120 e. The molecule has 0 amide bonds. The van der Waals surface area contributed by atoms with E-state index in [1.54, 1.807) is 7.11 Å². The molecule has 2 atom stereocenters. The van der Waals surface area contributed by atoms with Crippen molar-refractivity contribution >= 4 is 5.69 Å². The summed E-state index contributed by atoms with van der Waals surface area (Å²) in [6.07, 6.45) is 3.92. The number of nitrogens with two attached hydrogens (primary N) is 1. The van der Waals surface area contributed by atoms with Gasteiger partial charge in [0.25, 0.3) is 0 Å². The molecule has 2 fully saturated rings. The Hall–Kier alpha value is -1.26. The Kier molecular flexibility index (Phi) is 3.85. The molecule has 3 rings (SSSR count). The lowest BCUT2D eigenvalue weighted by Gasteiger charge is -2.29. The van der Waals surface area contributed by atoms with Gasteiger partial charge in [-0.05, 0) is 37.9 Å². The fourth-order valence-electron chi connectivity index (χ4n) is 3.67. The largest absolute Gasteiger partial charge is 0.497 e. The molecule has 0 spiro atoms. The minimum atomic E-state index is 0.583. The van der Waals surface area contributed by atoms with E-state index in [0.29, 0.717) is 12.6 Å². The molecule has 2 aliphatic rings. The van der Waals surface area contributed by atoms with E-state index >= 15 is 0 Å². The topological polar surface area (TPSA) is 41.7 Å². The van der Waals surface area contributed by atoms with Gasteiger partial charge in [-0.25, -0.2) is 0 Å². The molecular formula is C16H25N3O. The van der Waals surface area contributed by atoms with Gasteiger partial charge in [-0.2, -0.15) is 0 Å². The van der Waals surface area contributed by atoms with Crippen molar-refractivity contribution in [2.75, 3.05) is 32.1 Å². The number of methoxy groups -OCH3 is 1. The highest BCUT2D eigenvalue weighted by Gasteiger charge is 2.35. The molecule has 2 N–H and O–H groups in total. The molecule has 2 heterocycles. The van der Waals surface area contributed by atoms with Gasteiger partial charge in [0.15, 0.2) is 0 Å². The lowest BCUT2D eigenvalue weighted by molar-refractivity contribution is 0.254. The van der Waals surface area contributed by atoms with E-state index in [9.17, 15) is 0 Å². The normalized spacial score (nSPS) is 26.6. The van der Waals surface area contributed by atoms with Gasteiger partial charge in [0, 0.05) is 43.5 Å². The summed E-state index contributed by atoms with van der Waals surface area (Å²) in [6, 6.07) is 7.68. The van der Waals surface area contributed by atoms with Crippen LogP contribution in [0, 0.1) is 0 Å². The number of anilines is 1. The number of hydrogen-bond donors (Lipinski definition) is 1. The number of rotatable bonds is 3. The zero-order valence-corrected chi connectivity index (χ0v) is 12.5. The summed E-state index contributed by atoms with van der Waals surface area (Å²) >= 11 is 0. The zero-order chi connectivity index (χ0) is 14.1. The maximum absolute atomic E-state index is 5.91. The Morgan fingerprint density at radius 3 is 2.80 bits per heavy atom. The fraction of sp³-hybridized carbons (Fsp3) is 0.625. The lowest BCUT2D eigenvalue weighted by Crippen LogP contribution is -2.37. The van der Waals surface area contributed by atoms with Gasteiger partial charge in [-0.15, -0.1) is 0 Å². The van der Waals surface area contributed by atoms with Crippen LogP contribution in [0.1, 0.15) is 24.8 Å².